The third-order valence-electron chi connectivity index (χ3n) is 3.56. The van der Waals surface area contributed by atoms with Gasteiger partial charge < -0.3 is 8.85 Å². The zero-order chi connectivity index (χ0) is 19.5. The summed E-state index contributed by atoms with van der Waals surface area (Å²) >= 11 is 0. The van der Waals surface area contributed by atoms with Gasteiger partial charge in [-0.25, -0.2) is 4.98 Å². The fourth-order valence-corrected chi connectivity index (χ4v) is 4.04. The van der Waals surface area contributed by atoms with Crippen LogP contribution in [-0.4, -0.2) is 26.6 Å². The lowest BCUT2D eigenvalue weighted by Gasteiger charge is -2.25. The van der Waals surface area contributed by atoms with E-state index in [1.807, 2.05) is 6.07 Å². The molecule has 0 fully saturated rings. The van der Waals surface area contributed by atoms with Crippen molar-refractivity contribution in [3.63, 3.8) is 0 Å². The largest absolute Gasteiger partial charge is 0.531 e. The summed E-state index contributed by atoms with van der Waals surface area (Å²) in [5.74, 6) is 0.981. The van der Waals surface area contributed by atoms with Gasteiger partial charge in [-0.15, -0.1) is 0 Å². The maximum Gasteiger partial charge on any atom is 0.306 e. The Balaban J connectivity index is 2.57. The number of benzene rings is 1. The van der Waals surface area contributed by atoms with Gasteiger partial charge in [-0.2, -0.15) is 4.98 Å². The van der Waals surface area contributed by atoms with Gasteiger partial charge in [-0.1, -0.05) is 44.2 Å². The summed E-state index contributed by atoms with van der Waals surface area (Å²) < 4.78 is 12.5. The van der Waals surface area contributed by atoms with Crippen LogP contribution in [0.3, 0.4) is 0 Å². The Morgan fingerprint density at radius 2 is 1.42 bits per heavy atom. The molecule has 0 aliphatic rings. The molecule has 0 amide bonds. The maximum absolute atomic E-state index is 6.35. The smallest absolute Gasteiger partial charge is 0.306 e. The molecule has 0 aliphatic heterocycles. The van der Waals surface area contributed by atoms with Crippen molar-refractivity contribution in [1.82, 2.24) is 9.97 Å². The summed E-state index contributed by atoms with van der Waals surface area (Å²) in [5, 5.41) is 0. The molecule has 2 aromatic rings. The van der Waals surface area contributed by atoms with E-state index in [1.165, 1.54) is 5.56 Å². The fraction of sp³-hybridized carbons (Fsp3) is 0.500. The Bertz CT molecular complexity index is 736. The molecule has 1 aromatic heterocycles. The Kier molecular flexibility index (Phi) is 6.29. The van der Waals surface area contributed by atoms with E-state index < -0.39 is 16.6 Å². The molecular formula is C20H32N2O2Si2. The zero-order valence-corrected chi connectivity index (χ0v) is 19.4. The van der Waals surface area contributed by atoms with Gasteiger partial charge in [0.05, 0.1) is 5.69 Å². The second-order valence-corrected chi connectivity index (χ2v) is 17.8. The first kappa shape index (κ1) is 20.6. The predicted molar refractivity (Wildman–Crippen MR) is 113 cm³/mol. The van der Waals surface area contributed by atoms with E-state index in [9.17, 15) is 0 Å². The van der Waals surface area contributed by atoms with Gasteiger partial charge in [0.1, 0.15) is 0 Å². The highest BCUT2D eigenvalue weighted by atomic mass is 28.4. The van der Waals surface area contributed by atoms with Crippen LogP contribution < -0.4 is 8.85 Å². The van der Waals surface area contributed by atoms with Crippen molar-refractivity contribution >= 4 is 16.6 Å². The lowest BCUT2D eigenvalue weighted by molar-refractivity contribution is 0.464. The van der Waals surface area contributed by atoms with Crippen LogP contribution in [0.4, 0.5) is 0 Å². The Morgan fingerprint density at radius 1 is 0.846 bits per heavy atom. The highest BCUT2D eigenvalue weighted by molar-refractivity contribution is 6.70. The maximum atomic E-state index is 6.35. The van der Waals surface area contributed by atoms with Crippen LogP contribution in [0.5, 0.6) is 11.9 Å². The molecular weight excluding hydrogens is 356 g/mol. The van der Waals surface area contributed by atoms with Crippen LogP contribution in [0.15, 0.2) is 30.3 Å². The molecule has 0 unspecified atom stereocenters. The molecule has 0 aliphatic carbocycles. The molecule has 6 heteroatoms. The minimum atomic E-state index is -1.81. The lowest BCUT2D eigenvalue weighted by atomic mass is 9.98. The van der Waals surface area contributed by atoms with E-state index in [1.54, 1.807) is 0 Å². The molecule has 0 N–H and O–H groups in total. The average Bonchev–Trinajstić information content (AvgIpc) is 2.43. The number of hydrogen-bond acceptors (Lipinski definition) is 4. The molecule has 1 heterocycles. The molecule has 2 rings (SSSR count). The van der Waals surface area contributed by atoms with E-state index in [0.717, 1.165) is 17.7 Å². The molecule has 0 saturated heterocycles. The molecule has 1 aromatic carbocycles. The third-order valence-corrected chi connectivity index (χ3v) is 5.16. The van der Waals surface area contributed by atoms with E-state index >= 15 is 0 Å². The average molecular weight is 389 g/mol. The molecule has 26 heavy (non-hydrogen) atoms. The fourth-order valence-electron chi connectivity index (χ4n) is 2.66. The van der Waals surface area contributed by atoms with Crippen LogP contribution >= 0.6 is 0 Å². The summed E-state index contributed by atoms with van der Waals surface area (Å²) in [6.45, 7) is 17.3. The summed E-state index contributed by atoms with van der Waals surface area (Å²) in [7, 11) is -3.61. The van der Waals surface area contributed by atoms with Crippen molar-refractivity contribution in [3.8, 4) is 11.9 Å². The third kappa shape index (κ3) is 6.25. The van der Waals surface area contributed by atoms with Gasteiger partial charge in [-0.3, -0.25) is 0 Å². The highest BCUT2D eigenvalue weighted by Gasteiger charge is 2.26. The van der Waals surface area contributed by atoms with Crippen molar-refractivity contribution in [3.05, 3.63) is 47.2 Å². The monoisotopic (exact) mass is 388 g/mol. The minimum Gasteiger partial charge on any atom is -0.531 e. The Hall–Kier alpha value is -1.67. The first-order valence-electron chi connectivity index (χ1n) is 9.27. The van der Waals surface area contributed by atoms with Crippen LogP contribution in [0.2, 0.25) is 39.3 Å². The second kappa shape index (κ2) is 7.92. The molecule has 0 spiro atoms. The van der Waals surface area contributed by atoms with Crippen molar-refractivity contribution in [2.24, 2.45) is 0 Å². The quantitative estimate of drug-likeness (QED) is 0.578. The number of aromatic nitrogens is 2. The Morgan fingerprint density at radius 3 is 1.92 bits per heavy atom. The van der Waals surface area contributed by atoms with Gasteiger partial charge in [0.2, 0.25) is 22.5 Å². The number of nitrogens with zero attached hydrogens (tertiary/aromatic N) is 2. The first-order chi connectivity index (χ1) is 11.9. The summed E-state index contributed by atoms with van der Waals surface area (Å²) in [6, 6.07) is 10.9. The SMILES string of the molecule is CC(C)c1c(Cc2ccccc2)nc(O[Si](C)(C)C)nc1O[Si](C)(C)C. The number of hydrogen-bond donors (Lipinski definition) is 0. The molecule has 0 saturated carbocycles. The highest BCUT2D eigenvalue weighted by Crippen LogP contribution is 2.32. The van der Waals surface area contributed by atoms with Gasteiger partial charge in [-0.05, 0) is 50.8 Å². The van der Waals surface area contributed by atoms with Gasteiger partial charge in [0, 0.05) is 12.0 Å². The van der Waals surface area contributed by atoms with Crippen molar-refractivity contribution in [2.45, 2.75) is 65.5 Å². The van der Waals surface area contributed by atoms with E-state index in [4.69, 9.17) is 13.8 Å². The van der Waals surface area contributed by atoms with Gasteiger partial charge >= 0.3 is 6.01 Å². The van der Waals surface area contributed by atoms with Crippen LogP contribution in [0.1, 0.15) is 36.6 Å². The molecule has 0 radical (unpaired) electrons. The molecule has 0 bridgehead atoms. The Labute approximate surface area is 160 Å². The summed E-state index contributed by atoms with van der Waals surface area (Å²) in [5.41, 5.74) is 3.33. The minimum absolute atomic E-state index is 0.279. The molecule has 4 nitrogen and oxygen atoms in total. The van der Waals surface area contributed by atoms with Crippen LogP contribution in [0.25, 0.3) is 0 Å². The van der Waals surface area contributed by atoms with Gasteiger partial charge in [0.15, 0.2) is 0 Å². The molecule has 0 atom stereocenters. The second-order valence-electron chi connectivity index (χ2n) is 8.92. The topological polar surface area (TPSA) is 44.2 Å². The van der Waals surface area contributed by atoms with Crippen LogP contribution in [-0.2, 0) is 6.42 Å². The van der Waals surface area contributed by atoms with E-state index in [2.05, 4.69) is 82.4 Å². The first-order valence-corrected chi connectivity index (χ1v) is 16.1. The lowest BCUT2D eigenvalue weighted by Crippen LogP contribution is -2.33. The summed E-state index contributed by atoms with van der Waals surface area (Å²) in [4.78, 5) is 9.48. The normalized spacial score (nSPS) is 12.3. The zero-order valence-electron chi connectivity index (χ0n) is 17.4. The van der Waals surface area contributed by atoms with Gasteiger partial charge in [0.25, 0.3) is 0 Å². The van der Waals surface area contributed by atoms with E-state index in [0.29, 0.717) is 11.9 Å². The summed E-state index contributed by atoms with van der Waals surface area (Å²) in [6.07, 6.45) is 0.751. The number of rotatable bonds is 7. The van der Waals surface area contributed by atoms with Crippen molar-refractivity contribution in [1.29, 1.82) is 0 Å². The van der Waals surface area contributed by atoms with Crippen molar-refractivity contribution in [2.75, 3.05) is 0 Å². The standard InChI is InChI=1S/C20H32N2O2Si2/c1-15(2)18-17(14-16-12-10-9-11-13-16)21-20(24-26(6,7)8)22-19(18)23-25(3,4)5/h9-13,15H,14H2,1-8H3. The van der Waals surface area contributed by atoms with Crippen molar-refractivity contribution < 1.29 is 8.85 Å². The van der Waals surface area contributed by atoms with Crippen LogP contribution in [0, 0.1) is 0 Å². The molecule has 142 valence electrons. The predicted octanol–water partition coefficient (Wildman–Crippen LogP) is 5.62. The van der Waals surface area contributed by atoms with E-state index in [-0.39, 0.29) is 5.92 Å².